The topological polar surface area (TPSA) is 78.9 Å². The molecule has 0 unspecified atom stereocenters. The van der Waals surface area contributed by atoms with Gasteiger partial charge in [0, 0.05) is 13.1 Å². The summed E-state index contributed by atoms with van der Waals surface area (Å²) in [6, 6.07) is 0. The minimum absolute atomic E-state index is 0.0474. The number of amides is 1. The largest absolute Gasteiger partial charge is 0.409 e. The first kappa shape index (κ1) is 15.8. The Kier molecular flexibility index (Phi) is 6.12. The Labute approximate surface area is 115 Å². The third-order valence-electron chi connectivity index (χ3n) is 3.99. The van der Waals surface area contributed by atoms with Crippen LogP contribution in [0, 0.1) is 5.41 Å². The summed E-state index contributed by atoms with van der Waals surface area (Å²) >= 11 is 0. The SMILES string of the molecule is CCCN(CCC)C(=O)C1(C(N)=NO)CCCCC1. The third kappa shape index (κ3) is 3.39. The van der Waals surface area contributed by atoms with Crippen molar-refractivity contribution in [1.82, 2.24) is 4.90 Å². The van der Waals surface area contributed by atoms with Gasteiger partial charge in [0.25, 0.3) is 0 Å². The van der Waals surface area contributed by atoms with Crippen LogP contribution in [0.3, 0.4) is 0 Å². The van der Waals surface area contributed by atoms with Crippen LogP contribution in [-0.2, 0) is 4.79 Å². The zero-order chi connectivity index (χ0) is 14.3. The highest BCUT2D eigenvalue weighted by Gasteiger charge is 2.45. The number of amidine groups is 1. The summed E-state index contributed by atoms with van der Waals surface area (Å²) in [4.78, 5) is 14.7. The summed E-state index contributed by atoms with van der Waals surface area (Å²) in [5.41, 5.74) is 5.10. The van der Waals surface area contributed by atoms with Crippen LogP contribution in [0.25, 0.3) is 0 Å². The Morgan fingerprint density at radius 2 is 1.74 bits per heavy atom. The second-order valence-corrected chi connectivity index (χ2v) is 5.42. The van der Waals surface area contributed by atoms with Crippen LogP contribution in [0.4, 0.5) is 0 Å². The number of nitrogens with two attached hydrogens (primary N) is 1. The molecule has 1 rings (SSSR count). The van der Waals surface area contributed by atoms with Crippen LogP contribution in [0.15, 0.2) is 5.16 Å². The van der Waals surface area contributed by atoms with Gasteiger partial charge in [-0.1, -0.05) is 38.3 Å². The maximum Gasteiger partial charge on any atom is 0.236 e. The number of carbonyl (C=O) groups excluding carboxylic acids is 1. The Morgan fingerprint density at radius 3 is 2.16 bits per heavy atom. The molecule has 0 atom stereocenters. The van der Waals surface area contributed by atoms with Crippen molar-refractivity contribution in [3.05, 3.63) is 0 Å². The molecule has 0 bridgehead atoms. The van der Waals surface area contributed by atoms with E-state index in [9.17, 15) is 4.79 Å². The molecule has 5 nitrogen and oxygen atoms in total. The average Bonchev–Trinajstić information content (AvgIpc) is 2.46. The number of carbonyl (C=O) groups is 1. The van der Waals surface area contributed by atoms with Gasteiger partial charge in [-0.15, -0.1) is 0 Å². The van der Waals surface area contributed by atoms with Gasteiger partial charge < -0.3 is 15.8 Å². The van der Waals surface area contributed by atoms with Crippen molar-refractivity contribution in [3.8, 4) is 0 Å². The molecule has 1 saturated carbocycles. The van der Waals surface area contributed by atoms with Gasteiger partial charge in [-0.2, -0.15) is 0 Å². The third-order valence-corrected chi connectivity index (χ3v) is 3.99. The fraction of sp³-hybridized carbons (Fsp3) is 0.857. The van der Waals surface area contributed by atoms with E-state index in [0.717, 1.165) is 45.2 Å². The number of oxime groups is 1. The van der Waals surface area contributed by atoms with E-state index < -0.39 is 5.41 Å². The number of hydrogen-bond acceptors (Lipinski definition) is 3. The van der Waals surface area contributed by atoms with Crippen molar-refractivity contribution in [1.29, 1.82) is 0 Å². The van der Waals surface area contributed by atoms with E-state index in [2.05, 4.69) is 19.0 Å². The molecule has 19 heavy (non-hydrogen) atoms. The molecule has 0 radical (unpaired) electrons. The molecule has 110 valence electrons. The summed E-state index contributed by atoms with van der Waals surface area (Å²) in [5, 5.41) is 12.2. The molecule has 0 saturated heterocycles. The molecule has 1 aliphatic carbocycles. The molecule has 1 fully saturated rings. The quantitative estimate of drug-likeness (QED) is 0.336. The van der Waals surface area contributed by atoms with Gasteiger partial charge in [-0.05, 0) is 25.7 Å². The predicted octanol–water partition coefficient (Wildman–Crippen LogP) is 2.33. The lowest BCUT2D eigenvalue weighted by molar-refractivity contribution is -0.140. The molecular weight excluding hydrogens is 242 g/mol. The highest BCUT2D eigenvalue weighted by Crippen LogP contribution is 2.38. The summed E-state index contributed by atoms with van der Waals surface area (Å²) in [7, 11) is 0. The van der Waals surface area contributed by atoms with E-state index in [1.165, 1.54) is 0 Å². The zero-order valence-corrected chi connectivity index (χ0v) is 12.2. The first-order valence-electron chi connectivity index (χ1n) is 7.39. The lowest BCUT2D eigenvalue weighted by atomic mass is 9.72. The van der Waals surface area contributed by atoms with Gasteiger partial charge in [0.15, 0.2) is 5.84 Å². The lowest BCUT2D eigenvalue weighted by Gasteiger charge is -2.38. The molecule has 0 spiro atoms. The average molecular weight is 269 g/mol. The van der Waals surface area contributed by atoms with Gasteiger partial charge in [0.05, 0.1) is 0 Å². The fourth-order valence-electron chi connectivity index (χ4n) is 2.99. The van der Waals surface area contributed by atoms with E-state index in [0.29, 0.717) is 12.8 Å². The molecule has 0 aliphatic heterocycles. The van der Waals surface area contributed by atoms with Gasteiger partial charge >= 0.3 is 0 Å². The molecule has 1 amide bonds. The normalized spacial score (nSPS) is 19.2. The van der Waals surface area contributed by atoms with E-state index in [4.69, 9.17) is 10.9 Å². The maximum atomic E-state index is 12.9. The predicted molar refractivity (Wildman–Crippen MR) is 76.1 cm³/mol. The molecule has 0 aromatic rings. The first-order valence-corrected chi connectivity index (χ1v) is 7.39. The monoisotopic (exact) mass is 269 g/mol. The van der Waals surface area contributed by atoms with Crippen LogP contribution in [0.5, 0.6) is 0 Å². The number of nitrogens with zero attached hydrogens (tertiary/aromatic N) is 2. The van der Waals surface area contributed by atoms with Crippen molar-refractivity contribution in [3.63, 3.8) is 0 Å². The second-order valence-electron chi connectivity index (χ2n) is 5.42. The van der Waals surface area contributed by atoms with E-state index in [-0.39, 0.29) is 11.7 Å². The van der Waals surface area contributed by atoms with Gasteiger partial charge in [-0.3, -0.25) is 4.79 Å². The van der Waals surface area contributed by atoms with Crippen LogP contribution >= 0.6 is 0 Å². The number of rotatable bonds is 6. The first-order chi connectivity index (χ1) is 9.12. The van der Waals surface area contributed by atoms with Gasteiger partial charge in [-0.25, -0.2) is 0 Å². The zero-order valence-electron chi connectivity index (χ0n) is 12.2. The highest BCUT2D eigenvalue weighted by atomic mass is 16.4. The van der Waals surface area contributed by atoms with Crippen molar-refractivity contribution in [2.24, 2.45) is 16.3 Å². The minimum Gasteiger partial charge on any atom is -0.409 e. The second kappa shape index (κ2) is 7.36. The molecule has 1 aliphatic rings. The Morgan fingerprint density at radius 1 is 1.21 bits per heavy atom. The van der Waals surface area contributed by atoms with Gasteiger partial charge in [0.2, 0.25) is 5.91 Å². The molecule has 3 N–H and O–H groups in total. The molecule has 0 aromatic carbocycles. The van der Waals surface area contributed by atoms with E-state index in [1.54, 1.807) is 0 Å². The molecular formula is C14H27N3O2. The highest BCUT2D eigenvalue weighted by molar-refractivity contribution is 6.06. The number of hydrogen-bond donors (Lipinski definition) is 2. The Balaban J connectivity index is 2.98. The minimum atomic E-state index is -0.767. The van der Waals surface area contributed by atoms with Crippen LogP contribution in [0.1, 0.15) is 58.8 Å². The van der Waals surface area contributed by atoms with Gasteiger partial charge in [0.1, 0.15) is 5.41 Å². The summed E-state index contributed by atoms with van der Waals surface area (Å²) in [5.74, 6) is 0.139. The fourth-order valence-corrected chi connectivity index (χ4v) is 2.99. The van der Waals surface area contributed by atoms with Crippen molar-refractivity contribution < 1.29 is 10.0 Å². The summed E-state index contributed by atoms with van der Waals surface area (Å²) in [6.45, 7) is 5.61. The van der Waals surface area contributed by atoms with E-state index in [1.807, 2.05) is 4.90 Å². The van der Waals surface area contributed by atoms with Crippen LogP contribution in [0.2, 0.25) is 0 Å². The van der Waals surface area contributed by atoms with E-state index >= 15 is 0 Å². The van der Waals surface area contributed by atoms with Crippen LogP contribution in [-0.4, -0.2) is 34.9 Å². The lowest BCUT2D eigenvalue weighted by Crippen LogP contribution is -2.52. The van der Waals surface area contributed by atoms with Crippen molar-refractivity contribution in [2.75, 3.05) is 13.1 Å². The van der Waals surface area contributed by atoms with Crippen molar-refractivity contribution >= 4 is 11.7 Å². The summed E-state index contributed by atoms with van der Waals surface area (Å²) < 4.78 is 0. The smallest absolute Gasteiger partial charge is 0.236 e. The van der Waals surface area contributed by atoms with Crippen LogP contribution < -0.4 is 5.73 Å². The molecule has 0 aromatic heterocycles. The Bertz CT molecular complexity index is 317. The standard InChI is InChI=1S/C14H27N3O2/c1-3-10-17(11-4-2)13(18)14(12(15)16-19)8-6-5-7-9-14/h19H,3-11H2,1-2H3,(H2,15,16). The Hall–Kier alpha value is -1.26. The molecule has 5 heteroatoms. The van der Waals surface area contributed by atoms with Crippen molar-refractivity contribution in [2.45, 2.75) is 58.8 Å². The summed E-state index contributed by atoms with van der Waals surface area (Å²) in [6.07, 6.45) is 6.31. The maximum absolute atomic E-state index is 12.9. The molecule has 0 heterocycles.